The topological polar surface area (TPSA) is 38.3 Å². The van der Waals surface area contributed by atoms with E-state index in [9.17, 15) is 4.79 Å². The van der Waals surface area contributed by atoms with Gasteiger partial charge in [0.05, 0.1) is 7.11 Å². The zero-order valence-corrected chi connectivity index (χ0v) is 11.7. The summed E-state index contributed by atoms with van der Waals surface area (Å²) in [5.41, 5.74) is 0.228. The molecule has 0 aliphatic rings. The van der Waals surface area contributed by atoms with Crippen molar-refractivity contribution in [2.75, 3.05) is 13.7 Å². The van der Waals surface area contributed by atoms with Crippen LogP contribution in [0.25, 0.3) is 0 Å². The average molecular weight is 249 g/mol. The highest BCUT2D eigenvalue weighted by Crippen LogP contribution is 2.30. The molecule has 1 rings (SSSR count). The zero-order chi connectivity index (χ0) is 13.6. The number of benzene rings is 1. The summed E-state index contributed by atoms with van der Waals surface area (Å²) in [5.74, 6) is 0.174. The zero-order valence-electron chi connectivity index (χ0n) is 11.7. The molecule has 1 aromatic rings. The van der Waals surface area contributed by atoms with Crippen LogP contribution < -0.4 is 5.32 Å². The number of hydrogen-bond donors (Lipinski definition) is 1. The van der Waals surface area contributed by atoms with E-state index < -0.39 is 5.54 Å². The summed E-state index contributed by atoms with van der Waals surface area (Å²) < 4.78 is 5.02. The molecular weight excluding hydrogens is 226 g/mol. The van der Waals surface area contributed by atoms with Gasteiger partial charge in [-0.25, -0.2) is 4.79 Å². The Hall–Kier alpha value is -1.35. The minimum atomic E-state index is -0.737. The number of hydrogen-bond acceptors (Lipinski definition) is 3. The van der Waals surface area contributed by atoms with Crippen molar-refractivity contribution in [3.63, 3.8) is 0 Å². The molecule has 0 aliphatic carbocycles. The second-order valence-corrected chi connectivity index (χ2v) is 4.89. The van der Waals surface area contributed by atoms with Gasteiger partial charge in [0.15, 0.2) is 0 Å². The first-order valence-electron chi connectivity index (χ1n) is 6.45. The lowest BCUT2D eigenvalue weighted by Gasteiger charge is -2.33. The van der Waals surface area contributed by atoms with Crippen molar-refractivity contribution >= 4 is 5.97 Å². The predicted octanol–water partition coefficient (Wildman–Crippen LogP) is 2.71. The lowest BCUT2D eigenvalue weighted by Crippen LogP contribution is -2.50. The summed E-state index contributed by atoms with van der Waals surface area (Å²) in [4.78, 5) is 12.3. The summed E-state index contributed by atoms with van der Waals surface area (Å²) >= 11 is 0. The van der Waals surface area contributed by atoms with Gasteiger partial charge in [0.25, 0.3) is 0 Å². The molecule has 1 N–H and O–H groups in total. The fourth-order valence-electron chi connectivity index (χ4n) is 2.38. The third-order valence-corrected chi connectivity index (χ3v) is 2.99. The Bertz CT molecular complexity index is 375. The monoisotopic (exact) mass is 249 g/mol. The van der Waals surface area contributed by atoms with E-state index in [2.05, 4.69) is 19.2 Å². The van der Waals surface area contributed by atoms with Crippen molar-refractivity contribution in [2.24, 2.45) is 5.92 Å². The van der Waals surface area contributed by atoms with E-state index in [1.807, 2.05) is 37.3 Å². The van der Waals surface area contributed by atoms with Crippen LogP contribution in [0, 0.1) is 5.92 Å². The molecule has 1 aromatic carbocycles. The van der Waals surface area contributed by atoms with Gasteiger partial charge < -0.3 is 4.74 Å². The van der Waals surface area contributed by atoms with Crippen molar-refractivity contribution < 1.29 is 9.53 Å². The van der Waals surface area contributed by atoms with Crippen LogP contribution in [0.5, 0.6) is 0 Å². The summed E-state index contributed by atoms with van der Waals surface area (Å²) in [6, 6.07) is 9.80. The Morgan fingerprint density at radius 1 is 1.33 bits per heavy atom. The molecular formula is C15H23NO2. The van der Waals surface area contributed by atoms with Crippen LogP contribution in [0.15, 0.2) is 30.3 Å². The maximum absolute atomic E-state index is 12.3. The summed E-state index contributed by atoms with van der Waals surface area (Å²) in [6.07, 6.45) is 0.720. The molecule has 0 spiro atoms. The summed E-state index contributed by atoms with van der Waals surface area (Å²) in [7, 11) is 1.44. The Balaban J connectivity index is 3.23. The maximum atomic E-state index is 12.3. The van der Waals surface area contributed by atoms with Gasteiger partial charge in [0.1, 0.15) is 5.54 Å². The average Bonchev–Trinajstić information content (AvgIpc) is 2.37. The van der Waals surface area contributed by atoms with E-state index in [0.29, 0.717) is 5.92 Å². The predicted molar refractivity (Wildman–Crippen MR) is 73.3 cm³/mol. The maximum Gasteiger partial charge on any atom is 0.330 e. The van der Waals surface area contributed by atoms with Crippen molar-refractivity contribution in [1.82, 2.24) is 5.32 Å². The Labute approximate surface area is 110 Å². The number of esters is 1. The highest BCUT2D eigenvalue weighted by atomic mass is 16.5. The first-order valence-corrected chi connectivity index (χ1v) is 6.45. The third-order valence-electron chi connectivity index (χ3n) is 2.99. The van der Waals surface area contributed by atoms with E-state index >= 15 is 0 Å². The highest BCUT2D eigenvalue weighted by Gasteiger charge is 2.40. The summed E-state index contributed by atoms with van der Waals surface area (Å²) in [6.45, 7) is 6.94. The molecule has 1 unspecified atom stereocenters. The Morgan fingerprint density at radius 3 is 2.39 bits per heavy atom. The van der Waals surface area contributed by atoms with Crippen LogP contribution in [0.2, 0.25) is 0 Å². The third kappa shape index (κ3) is 3.10. The lowest BCUT2D eigenvalue weighted by atomic mass is 9.82. The second-order valence-electron chi connectivity index (χ2n) is 4.89. The van der Waals surface area contributed by atoms with Crippen molar-refractivity contribution in [1.29, 1.82) is 0 Å². The SMILES string of the molecule is CCNC(CC(C)C)(C(=O)OC)c1ccccc1. The van der Waals surface area contributed by atoms with E-state index in [1.54, 1.807) is 0 Å². The van der Waals surface area contributed by atoms with E-state index in [0.717, 1.165) is 18.5 Å². The molecule has 0 amide bonds. The molecule has 0 bridgehead atoms. The van der Waals surface area contributed by atoms with Crippen molar-refractivity contribution in [2.45, 2.75) is 32.7 Å². The Morgan fingerprint density at radius 2 is 1.94 bits per heavy atom. The lowest BCUT2D eigenvalue weighted by molar-refractivity contribution is -0.150. The van der Waals surface area contributed by atoms with Gasteiger partial charge in [-0.3, -0.25) is 5.32 Å². The number of carbonyl (C=O) groups excluding carboxylic acids is 1. The quantitative estimate of drug-likeness (QED) is 0.788. The number of methoxy groups -OCH3 is 1. The van der Waals surface area contributed by atoms with Gasteiger partial charge in [-0.15, -0.1) is 0 Å². The van der Waals surface area contributed by atoms with Gasteiger partial charge in [0.2, 0.25) is 0 Å². The van der Waals surface area contributed by atoms with Gasteiger partial charge in [-0.2, -0.15) is 0 Å². The number of likely N-dealkylation sites (N-methyl/N-ethyl adjacent to an activating group) is 1. The highest BCUT2D eigenvalue weighted by molar-refractivity contribution is 5.82. The second kappa shape index (κ2) is 6.55. The molecule has 3 nitrogen and oxygen atoms in total. The van der Waals surface area contributed by atoms with Crippen LogP contribution in [0.1, 0.15) is 32.8 Å². The molecule has 0 aromatic heterocycles. The molecule has 1 atom stereocenters. The van der Waals surface area contributed by atoms with Gasteiger partial charge in [-0.05, 0) is 24.4 Å². The van der Waals surface area contributed by atoms with Gasteiger partial charge in [0, 0.05) is 0 Å². The molecule has 0 heterocycles. The molecule has 3 heteroatoms. The summed E-state index contributed by atoms with van der Waals surface area (Å²) in [5, 5.41) is 3.32. The number of carbonyl (C=O) groups is 1. The van der Waals surface area contributed by atoms with Crippen LogP contribution in [0.4, 0.5) is 0 Å². The molecule has 0 radical (unpaired) electrons. The largest absolute Gasteiger partial charge is 0.467 e. The minimum absolute atomic E-state index is 0.218. The van der Waals surface area contributed by atoms with Gasteiger partial charge in [-0.1, -0.05) is 51.1 Å². The fraction of sp³-hybridized carbons (Fsp3) is 0.533. The van der Waals surface area contributed by atoms with Crippen molar-refractivity contribution in [3.8, 4) is 0 Å². The smallest absolute Gasteiger partial charge is 0.330 e. The molecule has 100 valence electrons. The van der Waals surface area contributed by atoms with E-state index in [4.69, 9.17) is 4.74 Å². The van der Waals surface area contributed by atoms with E-state index in [-0.39, 0.29) is 5.97 Å². The van der Waals surface area contributed by atoms with Crippen LogP contribution in [0.3, 0.4) is 0 Å². The minimum Gasteiger partial charge on any atom is -0.467 e. The van der Waals surface area contributed by atoms with Crippen LogP contribution >= 0.6 is 0 Å². The molecule has 0 aliphatic heterocycles. The molecule has 0 saturated heterocycles. The Kier molecular flexibility index (Phi) is 5.35. The fourth-order valence-corrected chi connectivity index (χ4v) is 2.38. The van der Waals surface area contributed by atoms with Gasteiger partial charge >= 0.3 is 5.97 Å². The van der Waals surface area contributed by atoms with Crippen LogP contribution in [-0.2, 0) is 15.1 Å². The van der Waals surface area contributed by atoms with E-state index in [1.165, 1.54) is 7.11 Å². The van der Waals surface area contributed by atoms with Crippen LogP contribution in [-0.4, -0.2) is 19.6 Å². The first kappa shape index (κ1) is 14.7. The number of nitrogens with one attached hydrogen (secondary N) is 1. The number of rotatable bonds is 6. The normalized spacial score (nSPS) is 14.3. The molecule has 0 fully saturated rings. The van der Waals surface area contributed by atoms with Crippen molar-refractivity contribution in [3.05, 3.63) is 35.9 Å². The molecule has 18 heavy (non-hydrogen) atoms. The standard InChI is InChI=1S/C15H23NO2/c1-5-16-15(11-12(2)3,14(17)18-4)13-9-7-6-8-10-13/h6-10,12,16H,5,11H2,1-4H3. The number of ether oxygens (including phenoxy) is 1. The first-order chi connectivity index (χ1) is 8.56. The molecule has 0 saturated carbocycles.